The van der Waals surface area contributed by atoms with E-state index in [4.69, 9.17) is 16.3 Å². The van der Waals surface area contributed by atoms with Crippen LogP contribution in [0.5, 0.6) is 0 Å². The van der Waals surface area contributed by atoms with Gasteiger partial charge in [0.1, 0.15) is 0 Å². The fourth-order valence-corrected chi connectivity index (χ4v) is 2.74. The second-order valence-electron chi connectivity index (χ2n) is 4.87. The molecule has 1 aliphatic heterocycles. The molecule has 18 heavy (non-hydrogen) atoms. The highest BCUT2D eigenvalue weighted by Crippen LogP contribution is 2.25. The van der Waals surface area contributed by atoms with Gasteiger partial charge in [-0.25, -0.2) is 4.98 Å². The van der Waals surface area contributed by atoms with E-state index in [1.54, 1.807) is 0 Å². The smallest absolute Gasteiger partial charge is 0.151 e. The van der Waals surface area contributed by atoms with Gasteiger partial charge in [0.05, 0.1) is 12.0 Å². The summed E-state index contributed by atoms with van der Waals surface area (Å²) >= 11 is 6.13. The molecule has 1 aromatic heterocycles. The lowest BCUT2D eigenvalue weighted by atomic mass is 9.87. The fourth-order valence-electron chi connectivity index (χ4n) is 2.52. The van der Waals surface area contributed by atoms with Crippen molar-refractivity contribution in [1.29, 1.82) is 0 Å². The Bertz CT molecular complexity index is 386. The Morgan fingerprint density at radius 3 is 2.78 bits per heavy atom. The molecule has 1 fully saturated rings. The average molecular weight is 272 g/mol. The normalized spacial score (nSPS) is 19.1. The first kappa shape index (κ1) is 13.8. The quantitative estimate of drug-likeness (QED) is 0.895. The van der Waals surface area contributed by atoms with E-state index in [1.165, 1.54) is 0 Å². The van der Waals surface area contributed by atoms with Crippen LogP contribution in [0.25, 0.3) is 0 Å². The van der Waals surface area contributed by atoms with E-state index in [0.717, 1.165) is 51.3 Å². The molecule has 2 heterocycles. The lowest BCUT2D eigenvalue weighted by molar-refractivity contribution is 0.0354. The number of rotatable bonds is 5. The Labute approximate surface area is 114 Å². The van der Waals surface area contributed by atoms with Gasteiger partial charge >= 0.3 is 0 Å². The Kier molecular flexibility index (Phi) is 4.65. The third-order valence-electron chi connectivity index (χ3n) is 3.99. The van der Waals surface area contributed by atoms with Crippen molar-refractivity contribution in [3.05, 3.63) is 17.2 Å². The molecule has 1 N–H and O–H groups in total. The molecule has 0 aromatic carbocycles. The minimum absolute atomic E-state index is 0.199. The standard InChI is InChI=1S/C13H22ClN3O/c1-3-13(5-7-18-8-6-13)16-9-11-12(14)15-10-17(11)4-2/h10,16H,3-9H2,1-2H3. The van der Waals surface area contributed by atoms with Crippen molar-refractivity contribution in [2.45, 2.75) is 51.7 Å². The topological polar surface area (TPSA) is 39.1 Å². The number of imidazole rings is 1. The van der Waals surface area contributed by atoms with Crippen molar-refractivity contribution >= 4 is 11.6 Å². The van der Waals surface area contributed by atoms with Crippen LogP contribution in [0.15, 0.2) is 6.33 Å². The van der Waals surface area contributed by atoms with E-state index >= 15 is 0 Å². The summed E-state index contributed by atoms with van der Waals surface area (Å²) in [5.74, 6) is 0. The van der Waals surface area contributed by atoms with Crippen molar-refractivity contribution in [3.8, 4) is 0 Å². The van der Waals surface area contributed by atoms with E-state index in [2.05, 4.69) is 28.7 Å². The lowest BCUT2D eigenvalue weighted by Crippen LogP contribution is -2.48. The van der Waals surface area contributed by atoms with Crippen LogP contribution in [-0.2, 0) is 17.8 Å². The van der Waals surface area contributed by atoms with Crippen molar-refractivity contribution in [2.24, 2.45) is 0 Å². The zero-order valence-electron chi connectivity index (χ0n) is 11.2. The molecule has 0 atom stereocenters. The van der Waals surface area contributed by atoms with E-state index in [9.17, 15) is 0 Å². The number of nitrogens with one attached hydrogen (secondary N) is 1. The predicted molar refractivity (Wildman–Crippen MR) is 72.8 cm³/mol. The van der Waals surface area contributed by atoms with Gasteiger partial charge < -0.3 is 14.6 Å². The SMILES string of the molecule is CCn1cnc(Cl)c1CNC1(CC)CCOCC1. The molecule has 0 aliphatic carbocycles. The molecular weight excluding hydrogens is 250 g/mol. The summed E-state index contributed by atoms with van der Waals surface area (Å²) in [5, 5.41) is 4.29. The molecule has 0 saturated carbocycles. The molecule has 0 radical (unpaired) electrons. The lowest BCUT2D eigenvalue weighted by Gasteiger charge is -2.37. The third kappa shape index (κ3) is 2.87. The van der Waals surface area contributed by atoms with Crippen molar-refractivity contribution in [2.75, 3.05) is 13.2 Å². The van der Waals surface area contributed by atoms with E-state index < -0.39 is 0 Å². The maximum Gasteiger partial charge on any atom is 0.151 e. The molecule has 1 saturated heterocycles. The summed E-state index contributed by atoms with van der Waals surface area (Å²) < 4.78 is 7.54. The Morgan fingerprint density at radius 1 is 1.44 bits per heavy atom. The minimum atomic E-state index is 0.199. The summed E-state index contributed by atoms with van der Waals surface area (Å²) in [6, 6.07) is 0. The van der Waals surface area contributed by atoms with Crippen LogP contribution in [0.1, 0.15) is 38.8 Å². The van der Waals surface area contributed by atoms with Crippen LogP contribution in [0.4, 0.5) is 0 Å². The number of nitrogens with zero attached hydrogens (tertiary/aromatic N) is 2. The zero-order chi connectivity index (χ0) is 13.0. The van der Waals surface area contributed by atoms with Crippen molar-refractivity contribution in [1.82, 2.24) is 14.9 Å². The highest BCUT2D eigenvalue weighted by molar-refractivity contribution is 6.30. The Hall–Kier alpha value is -0.580. The maximum atomic E-state index is 6.13. The fraction of sp³-hybridized carbons (Fsp3) is 0.769. The van der Waals surface area contributed by atoms with Gasteiger partial charge in [-0.2, -0.15) is 0 Å². The number of aromatic nitrogens is 2. The molecule has 0 unspecified atom stereocenters. The largest absolute Gasteiger partial charge is 0.381 e. The molecule has 4 nitrogen and oxygen atoms in total. The number of hydrogen-bond acceptors (Lipinski definition) is 3. The Morgan fingerprint density at radius 2 is 2.17 bits per heavy atom. The first-order chi connectivity index (χ1) is 8.71. The summed E-state index contributed by atoms with van der Waals surface area (Å²) in [7, 11) is 0. The van der Waals surface area contributed by atoms with Gasteiger partial charge in [-0.1, -0.05) is 18.5 Å². The maximum absolute atomic E-state index is 6.13. The van der Waals surface area contributed by atoms with E-state index in [0.29, 0.717) is 5.15 Å². The van der Waals surface area contributed by atoms with Gasteiger partial charge in [-0.3, -0.25) is 0 Å². The van der Waals surface area contributed by atoms with Gasteiger partial charge in [0.15, 0.2) is 5.15 Å². The Balaban J connectivity index is 2.03. The van der Waals surface area contributed by atoms with E-state index in [-0.39, 0.29) is 5.54 Å². The number of ether oxygens (including phenoxy) is 1. The van der Waals surface area contributed by atoms with Crippen LogP contribution in [0, 0.1) is 0 Å². The molecule has 2 rings (SSSR count). The highest BCUT2D eigenvalue weighted by atomic mass is 35.5. The van der Waals surface area contributed by atoms with Gasteiger partial charge in [0.2, 0.25) is 0 Å². The summed E-state index contributed by atoms with van der Waals surface area (Å²) in [6.45, 7) is 7.71. The van der Waals surface area contributed by atoms with Gasteiger partial charge in [-0.05, 0) is 26.2 Å². The summed E-state index contributed by atoms with van der Waals surface area (Å²) in [5.41, 5.74) is 1.28. The first-order valence-corrected chi connectivity index (χ1v) is 7.11. The summed E-state index contributed by atoms with van der Waals surface area (Å²) in [4.78, 5) is 4.16. The monoisotopic (exact) mass is 271 g/mol. The van der Waals surface area contributed by atoms with Crippen LogP contribution in [-0.4, -0.2) is 28.3 Å². The van der Waals surface area contributed by atoms with E-state index in [1.807, 2.05) is 6.33 Å². The van der Waals surface area contributed by atoms with Gasteiger partial charge in [0.25, 0.3) is 0 Å². The number of hydrogen-bond donors (Lipinski definition) is 1. The second-order valence-corrected chi connectivity index (χ2v) is 5.23. The molecule has 0 spiro atoms. The van der Waals surface area contributed by atoms with Crippen molar-refractivity contribution < 1.29 is 4.74 Å². The van der Waals surface area contributed by atoms with Crippen LogP contribution in [0.2, 0.25) is 5.15 Å². The third-order valence-corrected chi connectivity index (χ3v) is 4.31. The van der Waals surface area contributed by atoms with Crippen molar-refractivity contribution in [3.63, 3.8) is 0 Å². The number of halogens is 1. The molecular formula is C13H22ClN3O. The second kappa shape index (κ2) is 6.04. The molecule has 0 amide bonds. The predicted octanol–water partition coefficient (Wildman–Crippen LogP) is 2.61. The van der Waals surface area contributed by atoms with Crippen LogP contribution < -0.4 is 5.32 Å². The summed E-state index contributed by atoms with van der Waals surface area (Å²) in [6.07, 6.45) is 5.07. The molecule has 1 aliphatic rings. The first-order valence-electron chi connectivity index (χ1n) is 6.73. The van der Waals surface area contributed by atoms with Crippen LogP contribution >= 0.6 is 11.6 Å². The zero-order valence-corrected chi connectivity index (χ0v) is 12.0. The highest BCUT2D eigenvalue weighted by Gasteiger charge is 2.30. The molecule has 0 bridgehead atoms. The molecule has 102 valence electrons. The number of aryl methyl sites for hydroxylation is 1. The van der Waals surface area contributed by atoms with Gasteiger partial charge in [-0.15, -0.1) is 0 Å². The van der Waals surface area contributed by atoms with Gasteiger partial charge in [0, 0.05) is 31.8 Å². The van der Waals surface area contributed by atoms with Crippen LogP contribution in [0.3, 0.4) is 0 Å². The average Bonchev–Trinajstić information content (AvgIpc) is 2.78. The molecule has 1 aromatic rings. The minimum Gasteiger partial charge on any atom is -0.381 e. The molecule has 5 heteroatoms.